The molecule has 1 aromatic heterocycles. The first kappa shape index (κ1) is 12.3. The van der Waals surface area contributed by atoms with Gasteiger partial charge >= 0.3 is 0 Å². The molecular weight excluding hydrogens is 312 g/mol. The van der Waals surface area contributed by atoms with Crippen molar-refractivity contribution in [3.63, 3.8) is 0 Å². The van der Waals surface area contributed by atoms with Gasteiger partial charge in [-0.05, 0) is 34.8 Å². The summed E-state index contributed by atoms with van der Waals surface area (Å²) in [5.74, 6) is 0.200. The van der Waals surface area contributed by atoms with Gasteiger partial charge in [0.05, 0.1) is 6.10 Å². The predicted molar refractivity (Wildman–Crippen MR) is 77.4 cm³/mol. The number of hydrogen-bond acceptors (Lipinski definition) is 3. The highest BCUT2D eigenvalue weighted by Gasteiger charge is 2.21. The van der Waals surface area contributed by atoms with Gasteiger partial charge in [-0.15, -0.1) is 11.3 Å². The zero-order valence-corrected chi connectivity index (χ0v) is 12.2. The van der Waals surface area contributed by atoms with E-state index >= 15 is 0 Å². The van der Waals surface area contributed by atoms with Crippen LogP contribution < -0.4 is 0 Å². The van der Waals surface area contributed by atoms with Crippen LogP contribution in [0.2, 0.25) is 0 Å². The van der Waals surface area contributed by atoms with E-state index in [1.54, 1.807) is 11.3 Å². The smallest absolute Gasteiger partial charge is 0.166 e. The lowest BCUT2D eigenvalue weighted by molar-refractivity contribution is 0.0777. The number of hydrogen-bond donors (Lipinski definition) is 0. The maximum Gasteiger partial charge on any atom is 0.166 e. The minimum Gasteiger partial charge on any atom is -0.378 e. The predicted octanol–water partition coefficient (Wildman–Crippen LogP) is 4.42. The van der Waals surface area contributed by atoms with Gasteiger partial charge in [0.25, 0.3) is 0 Å². The third kappa shape index (κ3) is 2.25. The molecule has 1 fully saturated rings. The lowest BCUT2D eigenvalue weighted by atomic mass is 10.0. The summed E-state index contributed by atoms with van der Waals surface area (Å²) in [6, 6.07) is 5.99. The van der Waals surface area contributed by atoms with Gasteiger partial charge in [0.1, 0.15) is 0 Å². The number of carbonyl (C=O) groups is 1. The second-order valence-corrected chi connectivity index (χ2v) is 6.26. The largest absolute Gasteiger partial charge is 0.378 e. The van der Waals surface area contributed by atoms with Crippen LogP contribution in [-0.2, 0) is 4.74 Å². The van der Waals surface area contributed by atoms with Crippen molar-refractivity contribution in [1.29, 1.82) is 0 Å². The molecule has 2 heterocycles. The summed E-state index contributed by atoms with van der Waals surface area (Å²) in [7, 11) is 0. The average molecular weight is 325 g/mol. The summed E-state index contributed by atoms with van der Waals surface area (Å²) in [5, 5.41) is 3.02. The van der Waals surface area contributed by atoms with Crippen LogP contribution in [0.4, 0.5) is 0 Å². The third-order valence-corrected chi connectivity index (χ3v) is 5.24. The Bertz CT molecular complexity index is 584. The fourth-order valence-corrected chi connectivity index (χ4v) is 3.99. The number of ketones is 1. The minimum absolute atomic E-state index is 0.125. The number of thiophene rings is 1. The molecule has 1 aliphatic rings. The molecule has 1 atom stereocenters. The Morgan fingerprint density at radius 1 is 1.50 bits per heavy atom. The maximum absolute atomic E-state index is 12.3. The fourth-order valence-electron chi connectivity index (χ4n) is 2.36. The van der Waals surface area contributed by atoms with Crippen LogP contribution >= 0.6 is 27.3 Å². The fraction of sp³-hybridized carbons (Fsp3) is 0.357. The molecule has 2 nitrogen and oxygen atoms in total. The van der Waals surface area contributed by atoms with Crippen LogP contribution in [0.1, 0.15) is 29.6 Å². The first-order valence-corrected chi connectivity index (χ1v) is 7.73. The van der Waals surface area contributed by atoms with Gasteiger partial charge in [0.2, 0.25) is 0 Å². The molecule has 1 aromatic carbocycles. The molecule has 0 aliphatic carbocycles. The Morgan fingerprint density at radius 3 is 3.17 bits per heavy atom. The topological polar surface area (TPSA) is 26.3 Å². The van der Waals surface area contributed by atoms with E-state index < -0.39 is 0 Å². The highest BCUT2D eigenvalue weighted by Crippen LogP contribution is 2.33. The molecule has 18 heavy (non-hydrogen) atoms. The van der Waals surface area contributed by atoms with E-state index in [2.05, 4.69) is 15.9 Å². The van der Waals surface area contributed by atoms with Gasteiger partial charge in [-0.1, -0.05) is 12.1 Å². The van der Waals surface area contributed by atoms with Crippen molar-refractivity contribution in [3.05, 3.63) is 33.6 Å². The first-order valence-electron chi connectivity index (χ1n) is 6.06. The van der Waals surface area contributed by atoms with Gasteiger partial charge in [-0.3, -0.25) is 4.79 Å². The SMILES string of the molecule is O=C(CC1CCCO1)c1csc2c(Br)cccc12. The van der Waals surface area contributed by atoms with Crippen LogP contribution in [0.15, 0.2) is 28.1 Å². The van der Waals surface area contributed by atoms with E-state index in [1.807, 2.05) is 23.6 Å². The van der Waals surface area contributed by atoms with E-state index in [4.69, 9.17) is 4.74 Å². The van der Waals surface area contributed by atoms with E-state index in [1.165, 1.54) is 0 Å². The molecule has 0 N–H and O–H groups in total. The first-order chi connectivity index (χ1) is 8.75. The van der Waals surface area contributed by atoms with E-state index in [0.717, 1.165) is 39.6 Å². The number of halogens is 1. The molecule has 0 radical (unpaired) electrons. The Balaban J connectivity index is 1.89. The Hall–Kier alpha value is -0.710. The quantitative estimate of drug-likeness (QED) is 0.781. The van der Waals surface area contributed by atoms with Crippen molar-refractivity contribution in [2.75, 3.05) is 6.61 Å². The van der Waals surface area contributed by atoms with Crippen LogP contribution in [-0.4, -0.2) is 18.5 Å². The Labute approximate surface area is 118 Å². The molecule has 94 valence electrons. The van der Waals surface area contributed by atoms with Crippen LogP contribution in [0.5, 0.6) is 0 Å². The average Bonchev–Trinajstić information content (AvgIpc) is 2.98. The van der Waals surface area contributed by atoms with Crippen LogP contribution in [0.25, 0.3) is 10.1 Å². The highest BCUT2D eigenvalue weighted by atomic mass is 79.9. The van der Waals surface area contributed by atoms with Gasteiger partial charge in [-0.25, -0.2) is 0 Å². The normalized spacial score (nSPS) is 19.5. The molecule has 3 rings (SSSR count). The lowest BCUT2D eigenvalue weighted by Crippen LogP contribution is -2.12. The maximum atomic E-state index is 12.3. The minimum atomic E-state index is 0.125. The van der Waals surface area contributed by atoms with Crippen molar-refractivity contribution >= 4 is 43.1 Å². The standard InChI is InChI=1S/C14H13BrO2S/c15-12-5-1-4-10-11(8-18-14(10)12)13(16)7-9-3-2-6-17-9/h1,4-5,8-9H,2-3,6-7H2. The molecule has 0 spiro atoms. The zero-order chi connectivity index (χ0) is 12.5. The number of fused-ring (bicyclic) bond motifs is 1. The van der Waals surface area contributed by atoms with Gasteiger partial charge in [-0.2, -0.15) is 0 Å². The van der Waals surface area contributed by atoms with Crippen molar-refractivity contribution in [2.24, 2.45) is 0 Å². The van der Waals surface area contributed by atoms with Gasteiger partial charge in [0, 0.05) is 38.5 Å². The van der Waals surface area contributed by atoms with Crippen molar-refractivity contribution in [1.82, 2.24) is 0 Å². The molecule has 2 aromatic rings. The van der Waals surface area contributed by atoms with Crippen molar-refractivity contribution in [3.8, 4) is 0 Å². The number of ether oxygens (including phenoxy) is 1. The number of carbonyl (C=O) groups excluding carboxylic acids is 1. The van der Waals surface area contributed by atoms with E-state index in [-0.39, 0.29) is 11.9 Å². The monoisotopic (exact) mass is 324 g/mol. The molecule has 1 unspecified atom stereocenters. The Morgan fingerprint density at radius 2 is 2.39 bits per heavy atom. The second-order valence-electron chi connectivity index (χ2n) is 4.53. The summed E-state index contributed by atoms with van der Waals surface area (Å²) >= 11 is 5.14. The highest BCUT2D eigenvalue weighted by molar-refractivity contribution is 9.10. The van der Waals surface area contributed by atoms with Crippen LogP contribution in [0, 0.1) is 0 Å². The molecule has 4 heteroatoms. The summed E-state index contributed by atoms with van der Waals surface area (Å²) < 4.78 is 7.73. The summed E-state index contributed by atoms with van der Waals surface area (Å²) in [6.45, 7) is 0.799. The van der Waals surface area contributed by atoms with Crippen LogP contribution in [0.3, 0.4) is 0 Å². The summed E-state index contributed by atoms with van der Waals surface area (Å²) in [5.41, 5.74) is 0.840. The van der Waals surface area contributed by atoms with E-state index in [0.29, 0.717) is 6.42 Å². The summed E-state index contributed by atoms with van der Waals surface area (Å²) in [4.78, 5) is 12.3. The number of Topliss-reactive ketones (excluding diaryl/α,β-unsaturated/α-hetero) is 1. The number of benzene rings is 1. The third-order valence-electron chi connectivity index (χ3n) is 3.29. The molecule has 1 aliphatic heterocycles. The molecule has 1 saturated heterocycles. The molecule has 0 amide bonds. The number of rotatable bonds is 3. The van der Waals surface area contributed by atoms with E-state index in [9.17, 15) is 4.79 Å². The van der Waals surface area contributed by atoms with Gasteiger partial charge in [0.15, 0.2) is 5.78 Å². The second kappa shape index (κ2) is 5.11. The summed E-state index contributed by atoms with van der Waals surface area (Å²) in [6.07, 6.45) is 2.73. The van der Waals surface area contributed by atoms with Gasteiger partial charge < -0.3 is 4.74 Å². The molecule has 0 bridgehead atoms. The lowest BCUT2D eigenvalue weighted by Gasteiger charge is -2.07. The van der Waals surface area contributed by atoms with Crippen molar-refractivity contribution in [2.45, 2.75) is 25.4 Å². The molecular formula is C14H13BrO2S. The zero-order valence-electron chi connectivity index (χ0n) is 9.82. The van der Waals surface area contributed by atoms with Crippen molar-refractivity contribution < 1.29 is 9.53 Å². The molecule has 0 saturated carbocycles. The Kier molecular flexibility index (Phi) is 3.50.